The van der Waals surface area contributed by atoms with Gasteiger partial charge in [0.05, 0.1) is 6.20 Å². The monoisotopic (exact) mass is 220 g/mol. The molecule has 1 aromatic rings. The van der Waals surface area contributed by atoms with Crippen molar-refractivity contribution < 1.29 is 4.79 Å². The summed E-state index contributed by atoms with van der Waals surface area (Å²) in [5, 5.41) is 4.12. The number of aryl methyl sites for hydroxylation is 2. The maximum absolute atomic E-state index is 11.8. The summed E-state index contributed by atoms with van der Waals surface area (Å²) in [6.45, 7) is 0. The van der Waals surface area contributed by atoms with Gasteiger partial charge in [-0.2, -0.15) is 5.10 Å². The first-order valence-electron chi connectivity index (χ1n) is 6.26. The van der Waals surface area contributed by atoms with Crippen molar-refractivity contribution in [2.75, 3.05) is 0 Å². The number of rotatable bonds is 5. The smallest absolute Gasteiger partial charge is 0.135 e. The minimum absolute atomic E-state index is 0.383. The molecule has 1 aliphatic carbocycles. The third kappa shape index (κ3) is 2.94. The number of carbonyl (C=O) groups excluding carboxylic acids is 1. The van der Waals surface area contributed by atoms with Crippen molar-refractivity contribution in [3.63, 3.8) is 0 Å². The molecule has 1 aliphatic rings. The quantitative estimate of drug-likeness (QED) is 0.764. The molecule has 0 radical (unpaired) electrons. The van der Waals surface area contributed by atoms with Gasteiger partial charge in [-0.05, 0) is 31.2 Å². The average molecular weight is 220 g/mol. The highest BCUT2D eigenvalue weighted by Crippen LogP contribution is 2.26. The average Bonchev–Trinajstić information content (AvgIpc) is 2.89. The van der Waals surface area contributed by atoms with Gasteiger partial charge in [-0.15, -0.1) is 0 Å². The topological polar surface area (TPSA) is 34.9 Å². The van der Waals surface area contributed by atoms with E-state index in [1.54, 1.807) is 0 Å². The Morgan fingerprint density at radius 1 is 1.50 bits per heavy atom. The van der Waals surface area contributed by atoms with E-state index in [9.17, 15) is 4.79 Å². The lowest BCUT2D eigenvalue weighted by Gasteiger charge is -2.06. The molecule has 1 aromatic heterocycles. The van der Waals surface area contributed by atoms with Crippen LogP contribution in [-0.2, 0) is 18.3 Å². The molecule has 3 heteroatoms. The minimum Gasteiger partial charge on any atom is -0.299 e. The molecule has 0 atom stereocenters. The Hall–Kier alpha value is -1.12. The molecule has 0 aromatic carbocycles. The van der Waals surface area contributed by atoms with Crippen molar-refractivity contribution in [2.45, 2.75) is 44.9 Å². The van der Waals surface area contributed by atoms with Crippen LogP contribution in [0.5, 0.6) is 0 Å². The number of aromatic nitrogens is 2. The van der Waals surface area contributed by atoms with Gasteiger partial charge in [-0.3, -0.25) is 9.48 Å². The summed E-state index contributed by atoms with van der Waals surface area (Å²) in [6.07, 6.45) is 11.4. The van der Waals surface area contributed by atoms with E-state index in [0.29, 0.717) is 11.7 Å². The number of Topliss-reactive ketones (excluding diaryl/α,β-unsaturated/α-hetero) is 1. The van der Waals surface area contributed by atoms with E-state index in [1.165, 1.54) is 18.4 Å². The zero-order chi connectivity index (χ0) is 11.4. The van der Waals surface area contributed by atoms with E-state index in [2.05, 4.69) is 5.10 Å². The molecule has 1 saturated carbocycles. The second kappa shape index (κ2) is 5.28. The van der Waals surface area contributed by atoms with Gasteiger partial charge in [-0.25, -0.2) is 0 Å². The molecule has 16 heavy (non-hydrogen) atoms. The van der Waals surface area contributed by atoms with Gasteiger partial charge in [0.2, 0.25) is 0 Å². The summed E-state index contributed by atoms with van der Waals surface area (Å²) in [7, 11) is 1.92. The van der Waals surface area contributed by atoms with Gasteiger partial charge in [0.25, 0.3) is 0 Å². The van der Waals surface area contributed by atoms with Crippen molar-refractivity contribution in [1.82, 2.24) is 9.78 Å². The number of nitrogens with zero attached hydrogens (tertiary/aromatic N) is 2. The first kappa shape index (κ1) is 11.4. The molecule has 88 valence electrons. The van der Waals surface area contributed by atoms with Crippen molar-refractivity contribution in [3.8, 4) is 0 Å². The van der Waals surface area contributed by atoms with Crippen molar-refractivity contribution in [1.29, 1.82) is 0 Å². The normalized spacial score (nSPS) is 16.8. The lowest BCUT2D eigenvalue weighted by molar-refractivity contribution is -0.122. The molecule has 0 unspecified atom stereocenters. The summed E-state index contributed by atoms with van der Waals surface area (Å²) in [5.41, 5.74) is 1.24. The van der Waals surface area contributed by atoms with Gasteiger partial charge in [0.15, 0.2) is 0 Å². The molecule has 0 spiro atoms. The summed E-state index contributed by atoms with van der Waals surface area (Å²) < 4.78 is 1.81. The van der Waals surface area contributed by atoms with Gasteiger partial charge in [0, 0.05) is 25.6 Å². The van der Waals surface area contributed by atoms with Crippen LogP contribution < -0.4 is 0 Å². The minimum atomic E-state index is 0.383. The van der Waals surface area contributed by atoms with E-state index < -0.39 is 0 Å². The molecule has 1 fully saturated rings. The molecule has 0 saturated heterocycles. The van der Waals surface area contributed by atoms with E-state index in [-0.39, 0.29) is 0 Å². The van der Waals surface area contributed by atoms with Crippen molar-refractivity contribution >= 4 is 5.78 Å². The summed E-state index contributed by atoms with van der Waals surface area (Å²) in [4.78, 5) is 11.8. The fraction of sp³-hybridized carbons (Fsp3) is 0.692. The SMILES string of the molecule is Cn1cc(CCCC(=O)C2CCCC2)cn1. The molecule has 0 bridgehead atoms. The number of carbonyl (C=O) groups is 1. The van der Waals surface area contributed by atoms with Crippen LogP contribution in [0.15, 0.2) is 12.4 Å². The fourth-order valence-electron chi connectivity index (χ4n) is 2.52. The van der Waals surface area contributed by atoms with Gasteiger partial charge in [-0.1, -0.05) is 12.8 Å². The van der Waals surface area contributed by atoms with Gasteiger partial charge in [0.1, 0.15) is 5.78 Å². The van der Waals surface area contributed by atoms with Crippen LogP contribution in [-0.4, -0.2) is 15.6 Å². The van der Waals surface area contributed by atoms with Crippen LogP contribution in [0.25, 0.3) is 0 Å². The van der Waals surface area contributed by atoms with Crippen LogP contribution >= 0.6 is 0 Å². The highest BCUT2D eigenvalue weighted by molar-refractivity contribution is 5.81. The van der Waals surface area contributed by atoms with Crippen LogP contribution in [0.4, 0.5) is 0 Å². The Morgan fingerprint density at radius 3 is 2.88 bits per heavy atom. The summed E-state index contributed by atoms with van der Waals surface area (Å²) in [5.74, 6) is 0.871. The Morgan fingerprint density at radius 2 is 2.25 bits per heavy atom. The zero-order valence-corrected chi connectivity index (χ0v) is 9.98. The highest BCUT2D eigenvalue weighted by Gasteiger charge is 2.21. The first-order chi connectivity index (χ1) is 7.75. The molecular formula is C13H20N2O. The van der Waals surface area contributed by atoms with E-state index in [1.807, 2.05) is 24.1 Å². The Kier molecular flexibility index (Phi) is 3.75. The van der Waals surface area contributed by atoms with Crippen LogP contribution in [0, 0.1) is 5.92 Å². The van der Waals surface area contributed by atoms with E-state index in [4.69, 9.17) is 0 Å². The molecule has 3 nitrogen and oxygen atoms in total. The van der Waals surface area contributed by atoms with Gasteiger partial charge >= 0.3 is 0 Å². The van der Waals surface area contributed by atoms with Crippen LogP contribution in [0.2, 0.25) is 0 Å². The van der Waals surface area contributed by atoms with Gasteiger partial charge < -0.3 is 0 Å². The highest BCUT2D eigenvalue weighted by atomic mass is 16.1. The maximum Gasteiger partial charge on any atom is 0.135 e. The molecule has 1 heterocycles. The fourth-order valence-corrected chi connectivity index (χ4v) is 2.52. The van der Waals surface area contributed by atoms with Crippen molar-refractivity contribution in [2.24, 2.45) is 13.0 Å². The second-order valence-electron chi connectivity index (χ2n) is 4.82. The third-order valence-corrected chi connectivity index (χ3v) is 3.46. The lowest BCUT2D eigenvalue weighted by Crippen LogP contribution is -2.10. The zero-order valence-electron chi connectivity index (χ0n) is 9.98. The van der Waals surface area contributed by atoms with Crippen LogP contribution in [0.1, 0.15) is 44.1 Å². The Balaban J connectivity index is 1.69. The summed E-state index contributed by atoms with van der Waals surface area (Å²) in [6, 6.07) is 0. The molecular weight excluding hydrogens is 200 g/mol. The predicted molar refractivity (Wildman–Crippen MR) is 63.1 cm³/mol. The largest absolute Gasteiger partial charge is 0.299 e. The molecule has 0 N–H and O–H groups in total. The first-order valence-corrected chi connectivity index (χ1v) is 6.26. The summed E-state index contributed by atoms with van der Waals surface area (Å²) >= 11 is 0. The van der Waals surface area contributed by atoms with Crippen molar-refractivity contribution in [3.05, 3.63) is 18.0 Å². The Bertz CT molecular complexity index is 351. The lowest BCUT2D eigenvalue weighted by atomic mass is 9.97. The Labute approximate surface area is 96.8 Å². The molecule has 0 aliphatic heterocycles. The second-order valence-corrected chi connectivity index (χ2v) is 4.82. The maximum atomic E-state index is 11.8. The van der Waals surface area contributed by atoms with E-state index >= 15 is 0 Å². The number of ketones is 1. The molecule has 2 rings (SSSR count). The number of hydrogen-bond acceptors (Lipinski definition) is 2. The number of hydrogen-bond donors (Lipinski definition) is 0. The third-order valence-electron chi connectivity index (χ3n) is 3.46. The predicted octanol–water partition coefficient (Wildman–Crippen LogP) is 2.50. The van der Waals surface area contributed by atoms with Crippen LogP contribution in [0.3, 0.4) is 0 Å². The molecule has 0 amide bonds. The van der Waals surface area contributed by atoms with E-state index in [0.717, 1.165) is 32.1 Å². The standard InChI is InChI=1S/C13H20N2O/c1-15-10-11(9-14-15)5-4-8-13(16)12-6-2-3-7-12/h9-10,12H,2-8H2,1H3.